The van der Waals surface area contributed by atoms with Crippen molar-refractivity contribution in [3.05, 3.63) is 94.2 Å². The van der Waals surface area contributed by atoms with Crippen LogP contribution >= 0.6 is 0 Å². The maximum absolute atomic E-state index is 13.2. The maximum Gasteiger partial charge on any atom is 0.312 e. The first-order valence-corrected chi connectivity index (χ1v) is 11.0. The van der Waals surface area contributed by atoms with E-state index in [4.69, 9.17) is 18.9 Å². The Hall–Kier alpha value is -4.32. The molecule has 168 valence electrons. The average Bonchev–Trinajstić information content (AvgIpc) is 3.18. The van der Waals surface area contributed by atoms with Crippen LogP contribution in [0.4, 0.5) is 0 Å². The molecular weight excluding hydrogens is 432 g/mol. The van der Waals surface area contributed by atoms with E-state index in [1.807, 2.05) is 54.6 Å². The first-order chi connectivity index (χ1) is 16.6. The summed E-state index contributed by atoms with van der Waals surface area (Å²) in [5.41, 5.74) is 3.76. The molecule has 3 heterocycles. The number of para-hydroxylation sites is 2. The Labute approximate surface area is 196 Å². The number of benzene rings is 3. The smallest absolute Gasteiger partial charge is 0.312 e. The number of ketones is 1. The van der Waals surface area contributed by atoms with E-state index in [1.54, 1.807) is 25.3 Å². The Bertz CT molecular complexity index is 1410. The molecule has 0 aromatic heterocycles. The predicted molar refractivity (Wildman–Crippen MR) is 125 cm³/mol. The van der Waals surface area contributed by atoms with Crippen LogP contribution in [0.25, 0.3) is 12.2 Å². The van der Waals surface area contributed by atoms with Crippen LogP contribution in [0, 0.1) is 0 Å². The lowest BCUT2D eigenvalue weighted by molar-refractivity contribution is -0.135. The number of hydrogen-bond donors (Lipinski definition) is 0. The van der Waals surface area contributed by atoms with E-state index in [0.29, 0.717) is 35.0 Å². The summed E-state index contributed by atoms with van der Waals surface area (Å²) in [4.78, 5) is 25.7. The summed E-state index contributed by atoms with van der Waals surface area (Å²) in [5.74, 6) is 1.61. The fourth-order valence-corrected chi connectivity index (χ4v) is 4.68. The van der Waals surface area contributed by atoms with E-state index >= 15 is 0 Å². The van der Waals surface area contributed by atoms with Crippen LogP contribution in [0.3, 0.4) is 0 Å². The molecule has 0 saturated heterocycles. The molecule has 0 fully saturated rings. The van der Waals surface area contributed by atoms with Gasteiger partial charge in [-0.15, -0.1) is 0 Å². The van der Waals surface area contributed by atoms with Crippen LogP contribution in [0.15, 0.2) is 72.0 Å². The molecule has 3 aromatic rings. The van der Waals surface area contributed by atoms with Crippen molar-refractivity contribution < 1.29 is 28.5 Å². The first-order valence-electron chi connectivity index (χ1n) is 11.0. The minimum atomic E-state index is -0.327. The van der Waals surface area contributed by atoms with Gasteiger partial charge in [0.15, 0.2) is 5.76 Å². The molecule has 6 heteroatoms. The summed E-state index contributed by atoms with van der Waals surface area (Å²) in [6, 6.07) is 18.5. The van der Waals surface area contributed by atoms with Crippen LogP contribution in [-0.4, -0.2) is 25.5 Å². The van der Waals surface area contributed by atoms with Crippen molar-refractivity contribution in [2.24, 2.45) is 0 Å². The molecule has 3 aliphatic rings. The minimum absolute atomic E-state index is 0.143. The molecule has 0 amide bonds. The van der Waals surface area contributed by atoms with E-state index in [1.165, 1.54) is 0 Å². The van der Waals surface area contributed by atoms with Gasteiger partial charge in [0.1, 0.15) is 29.6 Å². The van der Waals surface area contributed by atoms with Gasteiger partial charge in [0.25, 0.3) is 0 Å². The van der Waals surface area contributed by atoms with Crippen molar-refractivity contribution in [2.45, 2.75) is 12.3 Å². The zero-order valence-electron chi connectivity index (χ0n) is 18.4. The van der Waals surface area contributed by atoms with Gasteiger partial charge < -0.3 is 18.9 Å². The molecule has 0 aliphatic carbocycles. The molecule has 0 saturated carbocycles. The van der Waals surface area contributed by atoms with Gasteiger partial charge in [-0.25, -0.2) is 0 Å². The Morgan fingerprint density at radius 1 is 0.941 bits per heavy atom. The summed E-state index contributed by atoms with van der Waals surface area (Å²) < 4.78 is 23.0. The van der Waals surface area contributed by atoms with Crippen molar-refractivity contribution in [3.63, 3.8) is 0 Å². The second-order valence-electron chi connectivity index (χ2n) is 8.31. The molecule has 3 aromatic carbocycles. The molecule has 0 N–H and O–H groups in total. The average molecular weight is 452 g/mol. The number of hydrogen-bond acceptors (Lipinski definition) is 6. The number of fused-ring (bicyclic) bond motifs is 4. The number of carbonyl (C=O) groups excluding carboxylic acids is 2. The van der Waals surface area contributed by atoms with Gasteiger partial charge in [0.05, 0.1) is 19.1 Å². The second kappa shape index (κ2) is 7.92. The molecule has 0 bridgehead atoms. The summed E-state index contributed by atoms with van der Waals surface area (Å²) >= 11 is 0. The van der Waals surface area contributed by atoms with Gasteiger partial charge in [-0.3, -0.25) is 9.59 Å². The Kier molecular flexibility index (Phi) is 4.73. The van der Waals surface area contributed by atoms with Crippen molar-refractivity contribution in [1.82, 2.24) is 0 Å². The van der Waals surface area contributed by atoms with Crippen molar-refractivity contribution in [2.75, 3.05) is 13.7 Å². The monoisotopic (exact) mass is 452 g/mol. The maximum atomic E-state index is 13.2. The molecule has 6 rings (SSSR count). The van der Waals surface area contributed by atoms with E-state index in [-0.39, 0.29) is 29.9 Å². The van der Waals surface area contributed by atoms with Gasteiger partial charge >= 0.3 is 5.97 Å². The zero-order chi connectivity index (χ0) is 23.2. The number of ether oxygens (including phenoxy) is 4. The lowest BCUT2D eigenvalue weighted by atomic mass is 9.83. The molecule has 1 atom stereocenters. The number of Topliss-reactive ketones (excluding diaryl/α,β-unsaturated/α-hetero) is 1. The lowest BCUT2D eigenvalue weighted by Gasteiger charge is -2.30. The SMILES string of the molecule is COc1ccccc1/C=C1\Oc2c(ccc3c2[C@@H](C2=Cc4ccccc4OC2)CC(=O)O3)C1=O. The highest BCUT2D eigenvalue weighted by Gasteiger charge is 2.39. The van der Waals surface area contributed by atoms with Gasteiger partial charge in [-0.2, -0.15) is 0 Å². The summed E-state index contributed by atoms with van der Waals surface area (Å²) in [6.07, 6.45) is 3.87. The van der Waals surface area contributed by atoms with Crippen molar-refractivity contribution >= 4 is 23.9 Å². The molecule has 0 unspecified atom stereocenters. The van der Waals surface area contributed by atoms with Crippen LogP contribution in [0.2, 0.25) is 0 Å². The summed E-state index contributed by atoms with van der Waals surface area (Å²) in [7, 11) is 1.58. The normalized spacial score (nSPS) is 19.3. The Morgan fingerprint density at radius 2 is 1.76 bits per heavy atom. The highest BCUT2D eigenvalue weighted by Crippen LogP contribution is 2.50. The second-order valence-corrected chi connectivity index (χ2v) is 8.31. The van der Waals surface area contributed by atoms with Gasteiger partial charge in [0, 0.05) is 22.6 Å². The third kappa shape index (κ3) is 3.27. The van der Waals surface area contributed by atoms with Crippen LogP contribution < -0.4 is 18.9 Å². The zero-order valence-corrected chi connectivity index (χ0v) is 18.4. The van der Waals surface area contributed by atoms with Crippen LogP contribution in [0.5, 0.6) is 23.0 Å². The topological polar surface area (TPSA) is 71.1 Å². The fourth-order valence-electron chi connectivity index (χ4n) is 4.68. The number of carbonyl (C=O) groups is 2. The van der Waals surface area contributed by atoms with Crippen molar-refractivity contribution in [1.29, 1.82) is 0 Å². The number of methoxy groups -OCH3 is 1. The number of esters is 1. The number of allylic oxidation sites excluding steroid dienone is 1. The Morgan fingerprint density at radius 3 is 2.65 bits per heavy atom. The first kappa shape index (κ1) is 20.3. The van der Waals surface area contributed by atoms with E-state index in [2.05, 4.69) is 0 Å². The minimum Gasteiger partial charge on any atom is -0.496 e. The highest BCUT2D eigenvalue weighted by molar-refractivity contribution is 6.15. The summed E-state index contributed by atoms with van der Waals surface area (Å²) in [5, 5.41) is 0. The fraction of sp³-hybridized carbons (Fsp3) is 0.143. The molecule has 0 spiro atoms. The molecule has 34 heavy (non-hydrogen) atoms. The third-order valence-electron chi connectivity index (χ3n) is 6.31. The standard InChI is InChI=1S/C28H20O6/c1-31-21-8-4-2-7-17(21)13-24-27(30)19-10-11-23-26(28(19)34-24)20(14-25(29)33-23)18-12-16-6-3-5-9-22(16)32-15-18/h2-13,20H,14-15H2,1H3/b24-13-/t20-/m1/s1. The number of rotatable bonds is 3. The predicted octanol–water partition coefficient (Wildman–Crippen LogP) is 5.18. The van der Waals surface area contributed by atoms with Gasteiger partial charge in [-0.1, -0.05) is 36.4 Å². The molecular formula is C28H20O6. The molecule has 6 nitrogen and oxygen atoms in total. The third-order valence-corrected chi connectivity index (χ3v) is 6.31. The van der Waals surface area contributed by atoms with E-state index < -0.39 is 0 Å². The lowest BCUT2D eigenvalue weighted by Crippen LogP contribution is -2.24. The Balaban J connectivity index is 1.44. The van der Waals surface area contributed by atoms with Gasteiger partial charge in [-0.05, 0) is 42.0 Å². The van der Waals surface area contributed by atoms with Crippen LogP contribution in [-0.2, 0) is 4.79 Å². The summed E-state index contributed by atoms with van der Waals surface area (Å²) in [6.45, 7) is 0.343. The molecule has 0 radical (unpaired) electrons. The largest absolute Gasteiger partial charge is 0.496 e. The molecule has 3 aliphatic heterocycles. The quantitative estimate of drug-likeness (QED) is 0.310. The highest BCUT2D eigenvalue weighted by atomic mass is 16.5. The van der Waals surface area contributed by atoms with Crippen molar-refractivity contribution in [3.8, 4) is 23.0 Å². The van der Waals surface area contributed by atoms with E-state index in [0.717, 1.165) is 22.4 Å². The van der Waals surface area contributed by atoms with E-state index in [9.17, 15) is 9.59 Å². The van der Waals surface area contributed by atoms with Gasteiger partial charge in [0.2, 0.25) is 5.78 Å². The van der Waals surface area contributed by atoms with Crippen LogP contribution in [0.1, 0.15) is 39.4 Å².